The van der Waals surface area contributed by atoms with Gasteiger partial charge in [0.2, 0.25) is 17.7 Å². The van der Waals surface area contributed by atoms with E-state index in [0.717, 1.165) is 17.5 Å². The third-order valence-corrected chi connectivity index (χ3v) is 6.18. The summed E-state index contributed by atoms with van der Waals surface area (Å²) in [5.74, 6) is -0.657. The highest BCUT2D eigenvalue weighted by molar-refractivity contribution is 7.45. The van der Waals surface area contributed by atoms with Gasteiger partial charge in [0.05, 0.1) is 6.04 Å². The Labute approximate surface area is 250 Å². The summed E-state index contributed by atoms with van der Waals surface area (Å²) >= 11 is 0. The molecule has 0 aromatic heterocycles. The van der Waals surface area contributed by atoms with E-state index in [4.69, 9.17) is 25.0 Å². The second-order valence-corrected chi connectivity index (χ2v) is 10.8. The summed E-state index contributed by atoms with van der Waals surface area (Å²) in [7, 11) is -4.64. The lowest BCUT2D eigenvalue weighted by Crippen LogP contribution is -2.49. The molecule has 2 atom stereocenters. The van der Waals surface area contributed by atoms with Crippen LogP contribution in [0.25, 0.3) is 0 Å². The summed E-state index contributed by atoms with van der Waals surface area (Å²) in [5.41, 5.74) is 9.57. The molecule has 0 spiro atoms. The van der Waals surface area contributed by atoms with Gasteiger partial charge in [-0.15, -0.1) is 0 Å². The number of hydrogen-bond donors (Lipinski definition) is 8. The zero-order chi connectivity index (χ0) is 31.8. The van der Waals surface area contributed by atoms with Gasteiger partial charge in [0.1, 0.15) is 11.8 Å². The number of rotatable bonds is 13. The molecule has 43 heavy (non-hydrogen) atoms. The summed E-state index contributed by atoms with van der Waals surface area (Å²) in [6, 6.07) is 22.3. The number of benzene rings is 3. The van der Waals surface area contributed by atoms with Gasteiger partial charge in [-0.2, -0.15) is 0 Å². The van der Waals surface area contributed by atoms with E-state index in [9.17, 15) is 19.5 Å². The van der Waals surface area contributed by atoms with Gasteiger partial charge in [-0.05, 0) is 67.5 Å². The van der Waals surface area contributed by atoms with E-state index in [-0.39, 0.29) is 24.0 Å². The number of amides is 3. The molecule has 3 amide bonds. The Bertz CT molecular complexity index is 1360. The number of aromatic hydroxyl groups is 1. The number of nitrogens with two attached hydrogens (primary N) is 1. The molecule has 0 bridgehead atoms. The fraction of sp³-hybridized carbons (Fsp3) is 0.300. The molecule has 3 aromatic carbocycles. The number of hydrogen-bond acceptors (Lipinski definition) is 6. The van der Waals surface area contributed by atoms with E-state index in [0.29, 0.717) is 31.5 Å². The molecule has 13 heteroatoms. The first-order chi connectivity index (χ1) is 20.3. The minimum atomic E-state index is -4.64. The standard InChI is InChI=1S/C30H36N4O4.H3O4P/c1-21(33-30(38)26(31)20-23-14-16-25(35)17-15-23)29(37)34-27-12-6-5-10-24(27)11-7-13-28(36)32-19-18-22-8-3-2-4-9-22;1-5(2,3)4/h2-6,8-10,12,14-17,21,26,35H,7,11,13,18-20,31H2,1H3,(H,32,36)(H,33,38)(H,34,37);(H3,1,2,3,4)/t21-,26+;/m1./s1. The van der Waals surface area contributed by atoms with Crippen LogP contribution in [0.2, 0.25) is 0 Å². The van der Waals surface area contributed by atoms with Crippen LogP contribution in [-0.4, -0.2) is 56.1 Å². The SMILES string of the molecule is C[C@@H](NC(=O)[C@@H](N)Cc1ccc(O)cc1)C(=O)Nc1ccccc1CCCC(=O)NCCc1ccccc1.O=P(O)(O)O. The highest BCUT2D eigenvalue weighted by Crippen LogP contribution is 2.25. The van der Waals surface area contributed by atoms with Gasteiger partial charge in [-0.25, -0.2) is 4.57 Å². The lowest BCUT2D eigenvalue weighted by molar-refractivity contribution is -0.127. The van der Waals surface area contributed by atoms with Crippen LogP contribution in [-0.2, 0) is 38.2 Å². The fourth-order valence-electron chi connectivity index (χ4n) is 3.98. The van der Waals surface area contributed by atoms with E-state index in [1.807, 2.05) is 48.5 Å². The van der Waals surface area contributed by atoms with Crippen LogP contribution in [0.1, 0.15) is 36.5 Å². The molecule has 0 aliphatic heterocycles. The molecule has 12 nitrogen and oxygen atoms in total. The number of nitrogens with one attached hydrogen (secondary N) is 3. The van der Waals surface area contributed by atoms with Gasteiger partial charge in [0.15, 0.2) is 0 Å². The Morgan fingerprint density at radius 1 is 0.837 bits per heavy atom. The van der Waals surface area contributed by atoms with Crippen molar-refractivity contribution in [3.05, 3.63) is 95.6 Å². The van der Waals surface area contributed by atoms with Gasteiger partial charge < -0.3 is 41.5 Å². The molecule has 0 unspecified atom stereocenters. The lowest BCUT2D eigenvalue weighted by atomic mass is 10.0. The molecule has 0 saturated heterocycles. The van der Waals surface area contributed by atoms with Gasteiger partial charge in [0.25, 0.3) is 0 Å². The average Bonchev–Trinajstić information content (AvgIpc) is 2.94. The van der Waals surface area contributed by atoms with Gasteiger partial charge in [0, 0.05) is 18.7 Å². The van der Waals surface area contributed by atoms with Crippen LogP contribution < -0.4 is 21.7 Å². The number of para-hydroxylation sites is 1. The quantitative estimate of drug-likeness (QED) is 0.132. The van der Waals surface area contributed by atoms with Crippen LogP contribution in [0, 0.1) is 0 Å². The molecular formula is C30H39N4O8P. The van der Waals surface area contributed by atoms with Crippen molar-refractivity contribution in [1.82, 2.24) is 10.6 Å². The van der Waals surface area contributed by atoms with Crippen LogP contribution in [0.5, 0.6) is 5.75 Å². The number of phenols is 1. The van der Waals surface area contributed by atoms with E-state index in [2.05, 4.69) is 16.0 Å². The Morgan fingerprint density at radius 3 is 2.09 bits per heavy atom. The first-order valence-corrected chi connectivity index (χ1v) is 15.2. The molecule has 0 saturated carbocycles. The molecule has 0 heterocycles. The molecule has 0 radical (unpaired) electrons. The van der Waals surface area contributed by atoms with Crippen molar-refractivity contribution in [3.8, 4) is 5.75 Å². The third-order valence-electron chi connectivity index (χ3n) is 6.18. The monoisotopic (exact) mass is 614 g/mol. The molecule has 3 aromatic rings. The molecule has 9 N–H and O–H groups in total. The number of phenolic OH excluding ortho intramolecular Hbond substituents is 1. The van der Waals surface area contributed by atoms with Crippen LogP contribution in [0.15, 0.2) is 78.9 Å². The number of phosphoric acid groups is 1. The minimum Gasteiger partial charge on any atom is -0.508 e. The maximum atomic E-state index is 12.8. The summed E-state index contributed by atoms with van der Waals surface area (Å²) in [5, 5.41) is 17.9. The summed E-state index contributed by atoms with van der Waals surface area (Å²) in [6.45, 7) is 2.20. The normalized spacial score (nSPS) is 12.2. The molecule has 0 aliphatic carbocycles. The zero-order valence-corrected chi connectivity index (χ0v) is 24.7. The zero-order valence-electron chi connectivity index (χ0n) is 23.8. The molecular weight excluding hydrogens is 575 g/mol. The van der Waals surface area contributed by atoms with E-state index in [1.165, 1.54) is 17.7 Å². The fourth-order valence-corrected chi connectivity index (χ4v) is 3.98. The van der Waals surface area contributed by atoms with Crippen molar-refractivity contribution in [2.24, 2.45) is 5.73 Å². The topological polar surface area (TPSA) is 211 Å². The van der Waals surface area contributed by atoms with Crippen LogP contribution >= 0.6 is 7.82 Å². The Kier molecular flexibility index (Phi) is 14.5. The summed E-state index contributed by atoms with van der Waals surface area (Å²) < 4.78 is 8.88. The third kappa shape index (κ3) is 15.1. The predicted octanol–water partition coefficient (Wildman–Crippen LogP) is 2.16. The number of carbonyl (C=O) groups is 3. The van der Waals surface area contributed by atoms with Gasteiger partial charge >= 0.3 is 7.82 Å². The highest BCUT2D eigenvalue weighted by atomic mass is 31.2. The number of anilines is 1. The minimum absolute atomic E-state index is 0.00225. The number of aryl methyl sites for hydroxylation is 1. The largest absolute Gasteiger partial charge is 0.508 e. The lowest BCUT2D eigenvalue weighted by Gasteiger charge is -2.18. The Morgan fingerprint density at radius 2 is 1.44 bits per heavy atom. The first kappa shape index (κ1) is 35.1. The molecule has 0 fully saturated rings. The van der Waals surface area contributed by atoms with Crippen LogP contribution in [0.4, 0.5) is 5.69 Å². The first-order valence-electron chi connectivity index (χ1n) is 13.6. The van der Waals surface area contributed by atoms with E-state index < -0.39 is 25.8 Å². The van der Waals surface area contributed by atoms with Crippen LogP contribution in [0.3, 0.4) is 0 Å². The van der Waals surface area contributed by atoms with E-state index in [1.54, 1.807) is 25.1 Å². The molecule has 0 aliphatic rings. The average molecular weight is 615 g/mol. The van der Waals surface area contributed by atoms with Gasteiger partial charge in [-0.1, -0.05) is 60.7 Å². The summed E-state index contributed by atoms with van der Waals surface area (Å²) in [4.78, 5) is 59.1. The second kappa shape index (κ2) is 17.8. The van der Waals surface area contributed by atoms with Crippen molar-refractivity contribution in [3.63, 3.8) is 0 Å². The maximum Gasteiger partial charge on any atom is 0.466 e. The van der Waals surface area contributed by atoms with Crippen molar-refractivity contribution in [2.45, 2.75) is 51.1 Å². The maximum absolute atomic E-state index is 12.8. The Hall–Kier alpha value is -4.06. The van der Waals surface area contributed by atoms with Crippen molar-refractivity contribution in [1.29, 1.82) is 0 Å². The van der Waals surface area contributed by atoms with E-state index >= 15 is 0 Å². The van der Waals surface area contributed by atoms with Crippen molar-refractivity contribution in [2.75, 3.05) is 11.9 Å². The van der Waals surface area contributed by atoms with Gasteiger partial charge in [-0.3, -0.25) is 14.4 Å². The van der Waals surface area contributed by atoms with Crippen molar-refractivity contribution < 1.29 is 38.7 Å². The summed E-state index contributed by atoms with van der Waals surface area (Å²) in [6.07, 6.45) is 2.73. The second-order valence-electron chi connectivity index (χ2n) is 9.81. The number of carbonyl (C=O) groups excluding carboxylic acids is 3. The predicted molar refractivity (Wildman–Crippen MR) is 163 cm³/mol. The Balaban J connectivity index is 0.00000119. The van der Waals surface area contributed by atoms with Crippen molar-refractivity contribution >= 4 is 31.2 Å². The molecule has 232 valence electrons. The molecule has 3 rings (SSSR count). The highest BCUT2D eigenvalue weighted by Gasteiger charge is 2.21. The smallest absolute Gasteiger partial charge is 0.466 e.